The molecule has 3 aromatic carbocycles. The van der Waals surface area contributed by atoms with Gasteiger partial charge in [-0.05, 0) is 54.1 Å². The van der Waals surface area contributed by atoms with Crippen LogP contribution in [0.4, 0.5) is 0 Å². The van der Waals surface area contributed by atoms with Crippen molar-refractivity contribution in [2.45, 2.75) is 18.7 Å². The molecule has 0 amide bonds. The largest absolute Gasteiger partial charge is 0.464 e. The predicted molar refractivity (Wildman–Crippen MR) is 117 cm³/mol. The highest BCUT2D eigenvalue weighted by molar-refractivity contribution is 9.10. The molecule has 3 aliphatic heterocycles. The van der Waals surface area contributed by atoms with Crippen LogP contribution in [0.2, 0.25) is 5.02 Å². The molecule has 3 heterocycles. The predicted octanol–water partition coefficient (Wildman–Crippen LogP) is 6.07. The van der Waals surface area contributed by atoms with Gasteiger partial charge in [-0.1, -0.05) is 39.7 Å². The summed E-state index contributed by atoms with van der Waals surface area (Å²) in [4.78, 5) is 0. The maximum atomic E-state index is 6.41. The zero-order chi connectivity index (χ0) is 20.2. The molecule has 0 aromatic heterocycles. The Morgan fingerprint density at radius 2 is 1.73 bits per heavy atom. The normalized spacial score (nSPS) is 21.0. The lowest BCUT2D eigenvalue weighted by molar-refractivity contribution is -0.0191. The zero-order valence-electron chi connectivity index (χ0n) is 15.7. The van der Waals surface area contributed by atoms with Crippen molar-refractivity contribution >= 4 is 33.2 Å². The van der Waals surface area contributed by atoms with Gasteiger partial charge in [0.2, 0.25) is 13.0 Å². The molecule has 2 atom stereocenters. The summed E-state index contributed by atoms with van der Waals surface area (Å²) >= 11 is 9.81. The summed E-state index contributed by atoms with van der Waals surface area (Å²) in [6.07, 6.45) is 0.408. The molecule has 0 radical (unpaired) electrons. The van der Waals surface area contributed by atoms with Gasteiger partial charge in [0.25, 0.3) is 0 Å². The summed E-state index contributed by atoms with van der Waals surface area (Å²) in [5.41, 5.74) is 4.14. The molecule has 30 heavy (non-hydrogen) atoms. The summed E-state index contributed by atoms with van der Waals surface area (Å²) in [5, 5.41) is 7.71. The molecule has 0 saturated carbocycles. The third kappa shape index (κ3) is 2.94. The number of halogens is 2. The minimum Gasteiger partial charge on any atom is -0.464 e. The minimum atomic E-state index is -0.369. The third-order valence-electron chi connectivity index (χ3n) is 5.61. The number of rotatable bonds is 2. The van der Waals surface area contributed by atoms with Gasteiger partial charge in [0, 0.05) is 27.0 Å². The van der Waals surface area contributed by atoms with Crippen molar-refractivity contribution in [1.82, 2.24) is 5.01 Å². The van der Waals surface area contributed by atoms with Crippen LogP contribution in [0.25, 0.3) is 0 Å². The maximum Gasteiger partial charge on any atom is 0.231 e. The second-order valence-electron chi connectivity index (χ2n) is 7.42. The van der Waals surface area contributed by atoms with Crippen molar-refractivity contribution in [2.75, 3.05) is 6.79 Å². The van der Waals surface area contributed by atoms with Crippen LogP contribution in [0.1, 0.15) is 35.4 Å². The van der Waals surface area contributed by atoms with Crippen LogP contribution in [-0.2, 0) is 0 Å². The van der Waals surface area contributed by atoms with E-state index in [1.807, 2.05) is 53.5 Å². The number of nitrogens with zero attached hydrogens (tertiary/aromatic N) is 2. The first-order valence-corrected chi connectivity index (χ1v) is 10.8. The molecule has 3 aromatic rings. The smallest absolute Gasteiger partial charge is 0.231 e. The molecule has 0 bridgehead atoms. The van der Waals surface area contributed by atoms with E-state index in [4.69, 9.17) is 30.9 Å². The van der Waals surface area contributed by atoms with Crippen molar-refractivity contribution in [1.29, 1.82) is 0 Å². The molecule has 0 N–H and O–H groups in total. The van der Waals surface area contributed by atoms with Crippen molar-refractivity contribution in [3.63, 3.8) is 0 Å². The molecule has 150 valence electrons. The summed E-state index contributed by atoms with van der Waals surface area (Å²) in [5.74, 6) is 2.31. The van der Waals surface area contributed by atoms with Gasteiger partial charge in [0.15, 0.2) is 11.5 Å². The van der Waals surface area contributed by atoms with E-state index in [9.17, 15) is 0 Å². The summed E-state index contributed by atoms with van der Waals surface area (Å²) in [6, 6.07) is 19.9. The van der Waals surface area contributed by atoms with Crippen LogP contribution in [0.15, 0.2) is 70.2 Å². The van der Waals surface area contributed by atoms with Gasteiger partial charge in [0.05, 0.1) is 11.8 Å². The Morgan fingerprint density at radius 1 is 0.933 bits per heavy atom. The Balaban J connectivity index is 1.45. The SMILES string of the molecule is Clc1ccc2c(c1)[C@@H]1CC(c3ccc(Br)cc3)=NN1[C@H](c1ccc3c(c1)OCO3)O2. The average molecular weight is 484 g/mol. The molecule has 0 unspecified atom stereocenters. The zero-order valence-corrected chi connectivity index (χ0v) is 18.1. The molecule has 7 heteroatoms. The summed E-state index contributed by atoms with van der Waals surface area (Å²) < 4.78 is 18.5. The van der Waals surface area contributed by atoms with Gasteiger partial charge in [-0.25, -0.2) is 5.01 Å². The topological polar surface area (TPSA) is 43.3 Å². The highest BCUT2D eigenvalue weighted by Gasteiger charge is 2.41. The fourth-order valence-electron chi connectivity index (χ4n) is 4.16. The van der Waals surface area contributed by atoms with E-state index in [1.54, 1.807) is 0 Å². The molecular weight excluding hydrogens is 468 g/mol. The fraction of sp³-hybridized carbons (Fsp3) is 0.174. The number of ether oxygens (including phenoxy) is 3. The van der Waals surface area contributed by atoms with E-state index in [0.29, 0.717) is 5.02 Å². The van der Waals surface area contributed by atoms with Crippen molar-refractivity contribution in [3.8, 4) is 17.2 Å². The van der Waals surface area contributed by atoms with E-state index in [1.165, 1.54) is 0 Å². The van der Waals surface area contributed by atoms with Crippen LogP contribution in [0.5, 0.6) is 17.2 Å². The van der Waals surface area contributed by atoms with Crippen molar-refractivity contribution < 1.29 is 14.2 Å². The standard InChI is InChI=1S/C23H16BrClN2O3/c24-15-4-1-13(2-5-15)18-11-19-17-10-16(25)6-8-20(17)30-23(27(19)26-18)14-3-7-21-22(9-14)29-12-28-21/h1-10,19,23H,11-12H2/t19-,23-/m0/s1. The molecule has 6 rings (SSSR count). The Bertz CT molecular complexity index is 1180. The van der Waals surface area contributed by atoms with Gasteiger partial charge < -0.3 is 14.2 Å². The monoisotopic (exact) mass is 482 g/mol. The van der Waals surface area contributed by atoms with Gasteiger partial charge in [-0.3, -0.25) is 0 Å². The summed E-state index contributed by atoms with van der Waals surface area (Å²) in [6.45, 7) is 0.240. The lowest BCUT2D eigenvalue weighted by atomic mass is 9.96. The Morgan fingerprint density at radius 3 is 2.60 bits per heavy atom. The number of hydrazone groups is 1. The molecule has 3 aliphatic rings. The van der Waals surface area contributed by atoms with E-state index in [0.717, 1.165) is 50.5 Å². The number of hydrogen-bond acceptors (Lipinski definition) is 5. The first kappa shape index (κ1) is 18.1. The quantitative estimate of drug-likeness (QED) is 0.443. The second kappa shape index (κ2) is 6.93. The number of hydrogen-bond donors (Lipinski definition) is 0. The van der Waals surface area contributed by atoms with E-state index >= 15 is 0 Å². The fourth-order valence-corrected chi connectivity index (χ4v) is 4.61. The number of fused-ring (bicyclic) bond motifs is 4. The molecule has 0 fully saturated rings. The Hall–Kier alpha value is -2.70. The molecule has 0 spiro atoms. The Kier molecular flexibility index (Phi) is 4.18. The lowest BCUT2D eigenvalue weighted by Gasteiger charge is -2.38. The van der Waals surface area contributed by atoms with E-state index in [2.05, 4.69) is 28.1 Å². The minimum absolute atomic E-state index is 0.0431. The molecule has 0 aliphatic carbocycles. The first-order chi connectivity index (χ1) is 14.7. The molecule has 5 nitrogen and oxygen atoms in total. The third-order valence-corrected chi connectivity index (χ3v) is 6.37. The number of benzene rings is 3. The van der Waals surface area contributed by atoms with Gasteiger partial charge in [-0.15, -0.1) is 0 Å². The lowest BCUT2D eigenvalue weighted by Crippen LogP contribution is -2.33. The van der Waals surface area contributed by atoms with Crippen molar-refractivity contribution in [2.24, 2.45) is 5.10 Å². The highest BCUT2D eigenvalue weighted by atomic mass is 79.9. The molecular formula is C23H16BrClN2O3. The van der Waals surface area contributed by atoms with Gasteiger partial charge >= 0.3 is 0 Å². The van der Waals surface area contributed by atoms with E-state index < -0.39 is 0 Å². The molecule has 0 saturated heterocycles. The van der Waals surface area contributed by atoms with Crippen LogP contribution in [0.3, 0.4) is 0 Å². The van der Waals surface area contributed by atoms with E-state index in [-0.39, 0.29) is 19.1 Å². The van der Waals surface area contributed by atoms with Crippen LogP contribution >= 0.6 is 27.5 Å². The van der Waals surface area contributed by atoms with Crippen LogP contribution < -0.4 is 14.2 Å². The first-order valence-electron chi connectivity index (χ1n) is 9.63. The van der Waals surface area contributed by atoms with Crippen LogP contribution in [-0.4, -0.2) is 17.5 Å². The van der Waals surface area contributed by atoms with Crippen LogP contribution in [0, 0.1) is 0 Å². The van der Waals surface area contributed by atoms with Gasteiger partial charge in [-0.2, -0.15) is 5.10 Å². The Labute approximate surface area is 186 Å². The van der Waals surface area contributed by atoms with Crippen molar-refractivity contribution in [3.05, 3.63) is 86.8 Å². The maximum absolute atomic E-state index is 6.41. The highest BCUT2D eigenvalue weighted by Crippen LogP contribution is 2.49. The van der Waals surface area contributed by atoms with Gasteiger partial charge in [0.1, 0.15) is 5.75 Å². The average Bonchev–Trinajstić information content (AvgIpc) is 3.40. The summed E-state index contributed by atoms with van der Waals surface area (Å²) in [7, 11) is 0. The second-order valence-corrected chi connectivity index (χ2v) is 8.77.